The number of furan rings is 1. The van der Waals surface area contributed by atoms with E-state index in [1.807, 2.05) is 26.0 Å². The molecule has 0 atom stereocenters. The van der Waals surface area contributed by atoms with Crippen LogP contribution in [0.4, 0.5) is 0 Å². The summed E-state index contributed by atoms with van der Waals surface area (Å²) in [6, 6.07) is 3.79. The quantitative estimate of drug-likeness (QED) is 0.310. The highest BCUT2D eigenvalue weighted by molar-refractivity contribution is 14.0. The minimum absolute atomic E-state index is 0. The van der Waals surface area contributed by atoms with Crippen LogP contribution in [0.15, 0.2) is 32.3 Å². The Balaban J connectivity index is 0.00000392. The third-order valence-corrected chi connectivity index (χ3v) is 4.15. The van der Waals surface area contributed by atoms with Gasteiger partial charge in [-0.05, 0) is 18.6 Å². The van der Waals surface area contributed by atoms with Crippen LogP contribution in [0.5, 0.6) is 0 Å². The number of carbonyl (C=O) groups is 1. The van der Waals surface area contributed by atoms with Gasteiger partial charge in [-0.3, -0.25) is 4.79 Å². The van der Waals surface area contributed by atoms with Crippen LogP contribution in [0.1, 0.15) is 36.6 Å². The van der Waals surface area contributed by atoms with Crippen molar-refractivity contribution in [3.05, 3.63) is 41.2 Å². The smallest absolute Gasteiger partial charge is 0.241 e. The van der Waals surface area contributed by atoms with Crippen molar-refractivity contribution in [3.8, 4) is 0 Å². The zero-order valence-corrected chi connectivity index (χ0v) is 19.3. The lowest BCUT2D eigenvalue weighted by atomic mass is 10.1. The Bertz CT molecular complexity index is 719. The zero-order valence-electron chi connectivity index (χ0n) is 16.9. The van der Waals surface area contributed by atoms with Crippen LogP contribution < -0.4 is 10.6 Å². The number of amides is 1. The van der Waals surface area contributed by atoms with Gasteiger partial charge in [-0.25, -0.2) is 4.99 Å². The van der Waals surface area contributed by atoms with Gasteiger partial charge in [0, 0.05) is 39.0 Å². The van der Waals surface area contributed by atoms with Crippen molar-refractivity contribution in [1.82, 2.24) is 20.7 Å². The van der Waals surface area contributed by atoms with Gasteiger partial charge in [0.1, 0.15) is 11.5 Å². The Labute approximate surface area is 183 Å². The number of nitrogens with zero attached hydrogens (tertiary/aromatic N) is 3. The molecular formula is C19H30IN5O3. The lowest BCUT2D eigenvalue weighted by Crippen LogP contribution is -2.43. The second kappa shape index (κ2) is 12.4. The summed E-state index contributed by atoms with van der Waals surface area (Å²) in [6.45, 7) is 5.33. The van der Waals surface area contributed by atoms with Gasteiger partial charge < -0.3 is 24.5 Å². The number of aliphatic imine (C=N–C) groups is 1. The second-order valence-electron chi connectivity index (χ2n) is 6.30. The van der Waals surface area contributed by atoms with E-state index >= 15 is 0 Å². The molecule has 0 saturated heterocycles. The van der Waals surface area contributed by atoms with Gasteiger partial charge in [0.2, 0.25) is 5.91 Å². The first kappa shape index (κ1) is 24.0. The first-order valence-corrected chi connectivity index (χ1v) is 9.26. The standard InChI is InChI=1S/C19H29N5O3.HI/c1-5-16-15(17(6-2)27-23-16)12-21-19(22-13-18(25)24(3)4)20-10-9-14-8-7-11-26-14;/h7-8,11H,5-6,9-10,12-13H2,1-4H3,(H2,20,21,22);1H. The van der Waals surface area contributed by atoms with Crippen molar-refractivity contribution in [3.63, 3.8) is 0 Å². The summed E-state index contributed by atoms with van der Waals surface area (Å²) < 4.78 is 10.7. The van der Waals surface area contributed by atoms with Crippen LogP contribution in [-0.2, 0) is 30.6 Å². The van der Waals surface area contributed by atoms with Crippen molar-refractivity contribution >= 4 is 35.8 Å². The summed E-state index contributed by atoms with van der Waals surface area (Å²) in [7, 11) is 3.45. The molecule has 0 fully saturated rings. The minimum Gasteiger partial charge on any atom is -0.469 e. The molecule has 0 radical (unpaired) electrons. The van der Waals surface area contributed by atoms with Gasteiger partial charge >= 0.3 is 0 Å². The first-order chi connectivity index (χ1) is 13.0. The highest BCUT2D eigenvalue weighted by atomic mass is 127. The molecule has 8 nitrogen and oxygen atoms in total. The highest BCUT2D eigenvalue weighted by Gasteiger charge is 2.13. The van der Waals surface area contributed by atoms with E-state index in [0.29, 0.717) is 19.0 Å². The van der Waals surface area contributed by atoms with Gasteiger partial charge in [0.05, 0.1) is 25.0 Å². The largest absolute Gasteiger partial charge is 0.469 e. The molecule has 0 saturated carbocycles. The molecule has 0 aliphatic rings. The van der Waals surface area contributed by atoms with E-state index in [1.165, 1.54) is 4.90 Å². The Hall–Kier alpha value is -2.04. The second-order valence-corrected chi connectivity index (χ2v) is 6.30. The number of hydrogen-bond donors (Lipinski definition) is 2. The SMILES string of the molecule is CCc1noc(CC)c1CN=C(NCCc1ccco1)NCC(=O)N(C)C.I. The number of halogens is 1. The highest BCUT2D eigenvalue weighted by Crippen LogP contribution is 2.16. The molecule has 0 spiro atoms. The van der Waals surface area contributed by atoms with Gasteiger partial charge in [0.25, 0.3) is 0 Å². The summed E-state index contributed by atoms with van der Waals surface area (Å²) in [5.74, 6) is 2.30. The molecule has 2 aromatic rings. The average molecular weight is 503 g/mol. The molecule has 0 bridgehead atoms. The molecule has 2 aromatic heterocycles. The molecule has 9 heteroatoms. The van der Waals surface area contributed by atoms with Gasteiger partial charge in [-0.15, -0.1) is 24.0 Å². The topological polar surface area (TPSA) is 95.9 Å². The van der Waals surface area contributed by atoms with Crippen LogP contribution >= 0.6 is 24.0 Å². The molecule has 0 aliphatic carbocycles. The van der Waals surface area contributed by atoms with Crippen LogP contribution in [0, 0.1) is 0 Å². The van der Waals surface area contributed by atoms with Crippen LogP contribution in [-0.4, -0.2) is 49.1 Å². The third-order valence-electron chi connectivity index (χ3n) is 4.15. The van der Waals surface area contributed by atoms with Crippen LogP contribution in [0.2, 0.25) is 0 Å². The molecule has 2 heterocycles. The number of nitrogens with one attached hydrogen (secondary N) is 2. The van der Waals surface area contributed by atoms with Crippen molar-refractivity contribution in [2.45, 2.75) is 39.7 Å². The molecule has 0 unspecified atom stereocenters. The fourth-order valence-electron chi connectivity index (χ4n) is 2.53. The summed E-state index contributed by atoms with van der Waals surface area (Å²) in [6.07, 6.45) is 3.94. The molecule has 2 N–H and O–H groups in total. The fraction of sp³-hybridized carbons (Fsp3) is 0.526. The lowest BCUT2D eigenvalue weighted by Gasteiger charge is -2.14. The van der Waals surface area contributed by atoms with Crippen molar-refractivity contribution in [2.75, 3.05) is 27.2 Å². The van der Waals surface area contributed by atoms with Crippen molar-refractivity contribution in [2.24, 2.45) is 4.99 Å². The summed E-state index contributed by atoms with van der Waals surface area (Å²) in [5.41, 5.74) is 1.95. The number of carbonyl (C=O) groups excluding carboxylic acids is 1. The third kappa shape index (κ3) is 7.17. The number of guanidine groups is 1. The predicted molar refractivity (Wildman–Crippen MR) is 119 cm³/mol. The fourth-order valence-corrected chi connectivity index (χ4v) is 2.53. The molecular weight excluding hydrogens is 473 g/mol. The molecule has 1 amide bonds. The number of aryl methyl sites for hydroxylation is 2. The molecule has 0 aliphatic heterocycles. The van der Waals surface area contributed by atoms with E-state index < -0.39 is 0 Å². The lowest BCUT2D eigenvalue weighted by molar-refractivity contribution is -0.127. The van der Waals surface area contributed by atoms with E-state index in [0.717, 1.165) is 42.0 Å². The van der Waals surface area contributed by atoms with Crippen molar-refractivity contribution in [1.29, 1.82) is 0 Å². The van der Waals surface area contributed by atoms with E-state index in [-0.39, 0.29) is 36.4 Å². The predicted octanol–water partition coefficient (Wildman–Crippen LogP) is 2.38. The Kier molecular flexibility index (Phi) is 10.6. The maximum atomic E-state index is 11.9. The zero-order chi connectivity index (χ0) is 19.6. The van der Waals surface area contributed by atoms with E-state index in [9.17, 15) is 4.79 Å². The van der Waals surface area contributed by atoms with E-state index in [4.69, 9.17) is 8.94 Å². The van der Waals surface area contributed by atoms with Crippen LogP contribution in [0.3, 0.4) is 0 Å². The Morgan fingerprint density at radius 2 is 2.04 bits per heavy atom. The average Bonchev–Trinajstić information content (AvgIpc) is 3.31. The molecule has 0 aromatic carbocycles. The Morgan fingerprint density at radius 3 is 2.64 bits per heavy atom. The number of hydrogen-bond acceptors (Lipinski definition) is 5. The first-order valence-electron chi connectivity index (χ1n) is 9.26. The van der Waals surface area contributed by atoms with Crippen LogP contribution in [0.25, 0.3) is 0 Å². The molecule has 156 valence electrons. The maximum absolute atomic E-state index is 11.9. The van der Waals surface area contributed by atoms with E-state index in [1.54, 1.807) is 20.4 Å². The number of likely N-dealkylation sites (N-methyl/N-ethyl adjacent to an activating group) is 1. The van der Waals surface area contributed by atoms with Gasteiger partial charge in [-0.2, -0.15) is 0 Å². The number of rotatable bonds is 9. The van der Waals surface area contributed by atoms with Gasteiger partial charge in [-0.1, -0.05) is 19.0 Å². The summed E-state index contributed by atoms with van der Waals surface area (Å²) >= 11 is 0. The Morgan fingerprint density at radius 1 is 1.25 bits per heavy atom. The minimum atomic E-state index is -0.0241. The van der Waals surface area contributed by atoms with E-state index in [2.05, 4.69) is 20.8 Å². The summed E-state index contributed by atoms with van der Waals surface area (Å²) in [5, 5.41) is 10.4. The number of aromatic nitrogens is 1. The molecule has 28 heavy (non-hydrogen) atoms. The monoisotopic (exact) mass is 503 g/mol. The molecule has 2 rings (SSSR count). The normalized spacial score (nSPS) is 11.1. The van der Waals surface area contributed by atoms with Gasteiger partial charge in [0.15, 0.2) is 5.96 Å². The van der Waals surface area contributed by atoms with Crippen molar-refractivity contribution < 1.29 is 13.7 Å². The summed E-state index contributed by atoms with van der Waals surface area (Å²) in [4.78, 5) is 18.0. The maximum Gasteiger partial charge on any atom is 0.241 e.